The fourth-order valence-electron chi connectivity index (χ4n) is 2.42. The Labute approximate surface area is 145 Å². The molecule has 0 aromatic heterocycles. The van der Waals surface area contributed by atoms with E-state index in [1.165, 1.54) is 0 Å². The molecule has 6 heteroatoms. The number of nitrogens with one attached hydrogen (secondary N) is 1. The smallest absolute Gasteiger partial charge is 0.351 e. The molecule has 6 nitrogen and oxygen atoms in total. The van der Waals surface area contributed by atoms with Crippen LogP contribution in [0.4, 0.5) is 5.69 Å². The maximum atomic E-state index is 12.1. The number of rotatable bonds is 4. The van der Waals surface area contributed by atoms with Gasteiger partial charge in [0.15, 0.2) is 18.1 Å². The molecule has 1 amide bonds. The van der Waals surface area contributed by atoms with Crippen LogP contribution in [0.2, 0.25) is 0 Å². The highest BCUT2D eigenvalue weighted by Gasteiger charge is 2.29. The Bertz CT molecular complexity index is 802. The van der Waals surface area contributed by atoms with Crippen molar-refractivity contribution >= 4 is 17.6 Å². The van der Waals surface area contributed by atoms with Crippen molar-refractivity contribution < 1.29 is 23.8 Å². The molecule has 0 unspecified atom stereocenters. The SMILES string of the molecule is Cc1ccc(C)c(NC(=O)COC(=O)[C@@H]2COc3ccccc3O2)c1. The van der Waals surface area contributed by atoms with Gasteiger partial charge in [-0.05, 0) is 43.2 Å². The lowest BCUT2D eigenvalue weighted by molar-refractivity contribution is -0.156. The molecule has 0 saturated carbocycles. The summed E-state index contributed by atoms with van der Waals surface area (Å²) in [5.74, 6) is 0.0274. The topological polar surface area (TPSA) is 73.9 Å². The van der Waals surface area contributed by atoms with Gasteiger partial charge in [0, 0.05) is 5.69 Å². The second kappa shape index (κ2) is 7.25. The second-order valence-corrected chi connectivity index (χ2v) is 5.84. The summed E-state index contributed by atoms with van der Waals surface area (Å²) in [7, 11) is 0. The summed E-state index contributed by atoms with van der Waals surface area (Å²) in [6.45, 7) is 3.50. The van der Waals surface area contributed by atoms with Gasteiger partial charge in [-0.25, -0.2) is 4.79 Å². The first-order valence-electron chi connectivity index (χ1n) is 7.95. The molecule has 0 spiro atoms. The Morgan fingerprint density at radius 1 is 1.16 bits per heavy atom. The maximum absolute atomic E-state index is 12.1. The summed E-state index contributed by atoms with van der Waals surface area (Å²) in [6, 6.07) is 12.8. The first-order chi connectivity index (χ1) is 12.0. The summed E-state index contributed by atoms with van der Waals surface area (Å²) in [6.07, 6.45) is -0.886. The number of aryl methyl sites for hydroxylation is 2. The van der Waals surface area contributed by atoms with E-state index < -0.39 is 18.0 Å². The van der Waals surface area contributed by atoms with E-state index in [0.29, 0.717) is 17.2 Å². The number of anilines is 1. The largest absolute Gasteiger partial charge is 0.485 e. The fraction of sp³-hybridized carbons (Fsp3) is 0.263. The number of amides is 1. The first kappa shape index (κ1) is 16.8. The lowest BCUT2D eigenvalue weighted by atomic mass is 10.1. The van der Waals surface area contributed by atoms with Crippen LogP contribution in [-0.2, 0) is 14.3 Å². The van der Waals surface area contributed by atoms with Crippen molar-refractivity contribution in [1.29, 1.82) is 0 Å². The van der Waals surface area contributed by atoms with Gasteiger partial charge >= 0.3 is 5.97 Å². The van der Waals surface area contributed by atoms with E-state index in [1.54, 1.807) is 18.2 Å². The molecular weight excluding hydrogens is 322 g/mol. The highest BCUT2D eigenvalue weighted by Crippen LogP contribution is 2.31. The Morgan fingerprint density at radius 2 is 1.92 bits per heavy atom. The third-order valence-corrected chi connectivity index (χ3v) is 3.78. The quantitative estimate of drug-likeness (QED) is 0.866. The number of benzene rings is 2. The van der Waals surface area contributed by atoms with Gasteiger partial charge in [0.2, 0.25) is 6.10 Å². The molecule has 0 aliphatic carbocycles. The number of ether oxygens (including phenoxy) is 3. The molecule has 1 N–H and O–H groups in total. The predicted molar refractivity (Wildman–Crippen MR) is 91.9 cm³/mol. The molecule has 0 bridgehead atoms. The molecule has 3 rings (SSSR count). The molecule has 0 fully saturated rings. The number of para-hydroxylation sites is 2. The third-order valence-electron chi connectivity index (χ3n) is 3.78. The standard InChI is InChI=1S/C19H19NO5/c1-12-7-8-13(2)14(9-12)20-18(21)11-24-19(22)17-10-23-15-5-3-4-6-16(15)25-17/h3-9,17H,10-11H2,1-2H3,(H,20,21)/t17-/m0/s1. The molecule has 130 valence electrons. The van der Waals surface area contributed by atoms with Crippen LogP contribution < -0.4 is 14.8 Å². The van der Waals surface area contributed by atoms with Crippen molar-refractivity contribution in [2.45, 2.75) is 20.0 Å². The van der Waals surface area contributed by atoms with Crippen LogP contribution in [0.5, 0.6) is 11.5 Å². The lowest BCUT2D eigenvalue weighted by Gasteiger charge is -2.24. The zero-order valence-corrected chi connectivity index (χ0v) is 14.1. The van der Waals surface area contributed by atoms with E-state index in [2.05, 4.69) is 5.32 Å². The molecule has 1 aliphatic rings. The zero-order chi connectivity index (χ0) is 17.8. The van der Waals surface area contributed by atoms with Gasteiger partial charge in [0.05, 0.1) is 0 Å². The summed E-state index contributed by atoms with van der Waals surface area (Å²) < 4.78 is 16.1. The Balaban J connectivity index is 1.52. The van der Waals surface area contributed by atoms with Crippen LogP contribution in [0.3, 0.4) is 0 Å². The number of carbonyl (C=O) groups is 2. The van der Waals surface area contributed by atoms with Crippen LogP contribution >= 0.6 is 0 Å². The molecule has 2 aromatic rings. The first-order valence-corrected chi connectivity index (χ1v) is 7.95. The van der Waals surface area contributed by atoms with Crippen LogP contribution in [-0.4, -0.2) is 31.2 Å². The van der Waals surface area contributed by atoms with Gasteiger partial charge in [-0.15, -0.1) is 0 Å². The Kier molecular flexibility index (Phi) is 4.88. The van der Waals surface area contributed by atoms with Crippen LogP contribution in [0, 0.1) is 13.8 Å². The van der Waals surface area contributed by atoms with Crippen molar-refractivity contribution in [2.24, 2.45) is 0 Å². The zero-order valence-electron chi connectivity index (χ0n) is 14.1. The van der Waals surface area contributed by atoms with Crippen molar-refractivity contribution in [1.82, 2.24) is 0 Å². The van der Waals surface area contributed by atoms with Gasteiger partial charge in [-0.2, -0.15) is 0 Å². The Hall–Kier alpha value is -3.02. The molecule has 1 atom stereocenters. The van der Waals surface area contributed by atoms with Gasteiger partial charge < -0.3 is 19.5 Å². The van der Waals surface area contributed by atoms with Gasteiger partial charge in [-0.1, -0.05) is 24.3 Å². The van der Waals surface area contributed by atoms with Crippen LogP contribution in [0.15, 0.2) is 42.5 Å². The van der Waals surface area contributed by atoms with Gasteiger partial charge in [0.25, 0.3) is 5.91 Å². The third kappa shape index (κ3) is 4.09. The number of esters is 1. The maximum Gasteiger partial charge on any atom is 0.351 e. The minimum atomic E-state index is -0.886. The monoisotopic (exact) mass is 341 g/mol. The average molecular weight is 341 g/mol. The molecule has 2 aromatic carbocycles. The molecule has 1 heterocycles. The molecule has 0 radical (unpaired) electrons. The Morgan fingerprint density at radius 3 is 2.72 bits per heavy atom. The molecule has 0 saturated heterocycles. The van der Waals surface area contributed by atoms with Crippen molar-refractivity contribution in [3.05, 3.63) is 53.6 Å². The van der Waals surface area contributed by atoms with E-state index in [4.69, 9.17) is 14.2 Å². The van der Waals surface area contributed by atoms with Gasteiger partial charge in [-0.3, -0.25) is 4.79 Å². The summed E-state index contributed by atoms with van der Waals surface area (Å²) >= 11 is 0. The van der Waals surface area contributed by atoms with Crippen molar-refractivity contribution in [3.63, 3.8) is 0 Å². The summed E-state index contributed by atoms with van der Waals surface area (Å²) in [4.78, 5) is 24.1. The fourth-order valence-corrected chi connectivity index (χ4v) is 2.42. The van der Waals surface area contributed by atoms with Crippen molar-refractivity contribution in [2.75, 3.05) is 18.5 Å². The highest BCUT2D eigenvalue weighted by molar-refractivity contribution is 5.93. The minimum Gasteiger partial charge on any atom is -0.485 e. The van der Waals surface area contributed by atoms with Gasteiger partial charge in [0.1, 0.15) is 6.61 Å². The molecule has 1 aliphatic heterocycles. The number of carbonyl (C=O) groups excluding carboxylic acids is 2. The van der Waals surface area contributed by atoms with E-state index >= 15 is 0 Å². The van der Waals surface area contributed by atoms with E-state index in [-0.39, 0.29) is 13.2 Å². The van der Waals surface area contributed by atoms with E-state index in [1.807, 2.05) is 38.1 Å². The molecule has 25 heavy (non-hydrogen) atoms. The average Bonchev–Trinajstić information content (AvgIpc) is 2.62. The van der Waals surface area contributed by atoms with Crippen LogP contribution in [0.25, 0.3) is 0 Å². The number of hydrogen-bond donors (Lipinski definition) is 1. The van der Waals surface area contributed by atoms with Crippen LogP contribution in [0.1, 0.15) is 11.1 Å². The highest BCUT2D eigenvalue weighted by atomic mass is 16.6. The van der Waals surface area contributed by atoms with E-state index in [9.17, 15) is 9.59 Å². The molecular formula is C19H19NO5. The number of fused-ring (bicyclic) bond motifs is 1. The normalized spacial score (nSPS) is 15.4. The van der Waals surface area contributed by atoms with Crippen molar-refractivity contribution in [3.8, 4) is 11.5 Å². The summed E-state index contributed by atoms with van der Waals surface area (Å²) in [5, 5.41) is 2.74. The second-order valence-electron chi connectivity index (χ2n) is 5.84. The van der Waals surface area contributed by atoms with E-state index in [0.717, 1.165) is 11.1 Å². The predicted octanol–water partition coefficient (Wildman–Crippen LogP) is 2.63. The minimum absolute atomic E-state index is 0.0501. The lowest BCUT2D eigenvalue weighted by Crippen LogP contribution is -2.39. The summed E-state index contributed by atoms with van der Waals surface area (Å²) in [5.41, 5.74) is 2.67. The number of hydrogen-bond acceptors (Lipinski definition) is 5.